The smallest absolute Gasteiger partial charge is 0.252 e. The van der Waals surface area contributed by atoms with Gasteiger partial charge in [-0.2, -0.15) is 0 Å². The highest BCUT2D eigenvalue weighted by Crippen LogP contribution is 2.23. The lowest BCUT2D eigenvalue weighted by molar-refractivity contribution is 0.0938. The summed E-state index contributed by atoms with van der Waals surface area (Å²) in [7, 11) is 0. The fraction of sp³-hybridized carbons (Fsp3) is 0.0556. The van der Waals surface area contributed by atoms with Crippen LogP contribution in [0.5, 0.6) is 0 Å². The quantitative estimate of drug-likeness (QED) is 0.788. The van der Waals surface area contributed by atoms with E-state index in [9.17, 15) is 13.6 Å². The van der Waals surface area contributed by atoms with Gasteiger partial charge in [0.15, 0.2) is 11.6 Å². The van der Waals surface area contributed by atoms with Crippen molar-refractivity contribution >= 4 is 5.91 Å². The standard InChI is InChI=1S/C18H13F2NO2/c19-14-9-8-13(11-15(14)20)18(22)21-17(16-7-4-10-23-16)12-5-2-1-3-6-12/h1-11,17H,(H,21,22). The van der Waals surface area contributed by atoms with Crippen molar-refractivity contribution in [3.8, 4) is 0 Å². The van der Waals surface area contributed by atoms with Crippen molar-refractivity contribution in [2.75, 3.05) is 0 Å². The number of hydrogen-bond donors (Lipinski definition) is 1. The van der Waals surface area contributed by atoms with Crippen LogP contribution < -0.4 is 5.32 Å². The number of amides is 1. The Balaban J connectivity index is 1.89. The lowest BCUT2D eigenvalue weighted by Gasteiger charge is -2.17. The van der Waals surface area contributed by atoms with E-state index < -0.39 is 23.6 Å². The minimum atomic E-state index is -1.06. The Morgan fingerprint density at radius 3 is 2.39 bits per heavy atom. The predicted octanol–water partition coefficient (Wildman–Crippen LogP) is 4.08. The van der Waals surface area contributed by atoms with Crippen molar-refractivity contribution in [1.29, 1.82) is 0 Å². The van der Waals surface area contributed by atoms with Gasteiger partial charge >= 0.3 is 0 Å². The second kappa shape index (κ2) is 6.44. The number of benzene rings is 2. The molecule has 1 heterocycles. The zero-order valence-electron chi connectivity index (χ0n) is 12.0. The van der Waals surface area contributed by atoms with Crippen LogP contribution in [-0.2, 0) is 0 Å². The van der Waals surface area contributed by atoms with E-state index in [1.54, 1.807) is 12.1 Å². The third-order valence-electron chi connectivity index (χ3n) is 3.42. The third kappa shape index (κ3) is 3.29. The molecule has 1 unspecified atom stereocenters. The molecule has 0 saturated heterocycles. The summed E-state index contributed by atoms with van der Waals surface area (Å²) in [5.74, 6) is -2.03. The van der Waals surface area contributed by atoms with Crippen LogP contribution in [0.25, 0.3) is 0 Å². The number of furan rings is 1. The minimum absolute atomic E-state index is 0.0383. The molecule has 3 nitrogen and oxygen atoms in total. The van der Waals surface area contributed by atoms with E-state index in [4.69, 9.17) is 4.42 Å². The maximum atomic E-state index is 13.3. The lowest BCUT2D eigenvalue weighted by atomic mass is 10.0. The lowest BCUT2D eigenvalue weighted by Crippen LogP contribution is -2.29. The van der Waals surface area contributed by atoms with E-state index in [1.165, 1.54) is 12.3 Å². The first-order chi connectivity index (χ1) is 11.1. The van der Waals surface area contributed by atoms with Crippen LogP contribution in [0.15, 0.2) is 71.3 Å². The molecule has 3 aromatic rings. The first-order valence-electron chi connectivity index (χ1n) is 6.99. The largest absolute Gasteiger partial charge is 0.467 e. The van der Waals surface area contributed by atoms with Crippen LogP contribution in [0.4, 0.5) is 8.78 Å². The summed E-state index contributed by atoms with van der Waals surface area (Å²) in [5, 5.41) is 2.78. The van der Waals surface area contributed by atoms with E-state index in [0.29, 0.717) is 5.76 Å². The molecule has 0 aliphatic rings. The minimum Gasteiger partial charge on any atom is -0.467 e. The number of rotatable bonds is 4. The number of hydrogen-bond acceptors (Lipinski definition) is 2. The molecule has 0 fully saturated rings. The van der Waals surface area contributed by atoms with Crippen LogP contribution in [0.3, 0.4) is 0 Å². The average molecular weight is 313 g/mol. The van der Waals surface area contributed by atoms with Crippen molar-refractivity contribution in [2.45, 2.75) is 6.04 Å². The molecular weight excluding hydrogens is 300 g/mol. The van der Waals surface area contributed by atoms with Crippen molar-refractivity contribution < 1.29 is 18.0 Å². The van der Waals surface area contributed by atoms with E-state index >= 15 is 0 Å². The van der Waals surface area contributed by atoms with Crippen LogP contribution in [-0.4, -0.2) is 5.91 Å². The maximum absolute atomic E-state index is 13.3. The number of carbonyl (C=O) groups is 1. The van der Waals surface area contributed by atoms with Crippen LogP contribution >= 0.6 is 0 Å². The van der Waals surface area contributed by atoms with Crippen molar-refractivity contribution in [3.63, 3.8) is 0 Å². The Morgan fingerprint density at radius 1 is 0.957 bits per heavy atom. The van der Waals surface area contributed by atoms with Crippen molar-refractivity contribution in [3.05, 3.63) is 95.4 Å². The normalized spacial score (nSPS) is 11.9. The van der Waals surface area contributed by atoms with E-state index in [1.807, 2.05) is 30.3 Å². The molecule has 0 saturated carbocycles. The molecular formula is C18H13F2NO2. The molecule has 1 amide bonds. The summed E-state index contributed by atoms with van der Waals surface area (Å²) in [5.41, 5.74) is 0.856. The second-order valence-electron chi connectivity index (χ2n) is 4.96. The third-order valence-corrected chi connectivity index (χ3v) is 3.42. The SMILES string of the molecule is O=C(NC(c1ccccc1)c1ccco1)c1ccc(F)c(F)c1. The first-order valence-corrected chi connectivity index (χ1v) is 6.99. The van der Waals surface area contributed by atoms with Gasteiger partial charge in [-0.15, -0.1) is 0 Å². The summed E-state index contributed by atoms with van der Waals surface area (Å²) in [6.45, 7) is 0. The molecule has 2 aromatic carbocycles. The molecule has 1 N–H and O–H groups in total. The Labute approximate surface area is 131 Å². The fourth-order valence-corrected chi connectivity index (χ4v) is 2.27. The summed E-state index contributed by atoms with van der Waals surface area (Å²) < 4.78 is 31.7. The molecule has 0 aliphatic heterocycles. The predicted molar refractivity (Wildman–Crippen MR) is 80.8 cm³/mol. The van der Waals surface area contributed by atoms with E-state index in [-0.39, 0.29) is 5.56 Å². The monoisotopic (exact) mass is 313 g/mol. The highest BCUT2D eigenvalue weighted by molar-refractivity contribution is 5.94. The van der Waals surface area contributed by atoms with Crippen LogP contribution in [0, 0.1) is 11.6 Å². The molecule has 116 valence electrons. The first kappa shape index (κ1) is 15.0. The Kier molecular flexibility index (Phi) is 4.19. The van der Waals surface area contributed by atoms with Gasteiger partial charge in [0.1, 0.15) is 11.8 Å². The molecule has 1 aromatic heterocycles. The number of halogens is 2. The van der Waals surface area contributed by atoms with Gasteiger partial charge in [0, 0.05) is 5.56 Å². The van der Waals surface area contributed by atoms with Crippen molar-refractivity contribution in [1.82, 2.24) is 5.32 Å². The zero-order valence-corrected chi connectivity index (χ0v) is 12.0. The summed E-state index contributed by atoms with van der Waals surface area (Å²) in [4.78, 5) is 12.3. The van der Waals surface area contributed by atoms with Crippen LogP contribution in [0.1, 0.15) is 27.7 Å². The molecule has 23 heavy (non-hydrogen) atoms. The fourth-order valence-electron chi connectivity index (χ4n) is 2.27. The van der Waals surface area contributed by atoms with Crippen molar-refractivity contribution in [2.24, 2.45) is 0 Å². The van der Waals surface area contributed by atoms with E-state index in [2.05, 4.69) is 5.32 Å². The van der Waals surface area contributed by atoms with Gasteiger partial charge in [0.05, 0.1) is 6.26 Å². The van der Waals surface area contributed by atoms with E-state index in [0.717, 1.165) is 17.7 Å². The maximum Gasteiger partial charge on any atom is 0.252 e. The Morgan fingerprint density at radius 2 is 1.74 bits per heavy atom. The Bertz CT molecular complexity index is 801. The topological polar surface area (TPSA) is 42.2 Å². The van der Waals surface area contributed by atoms with Gasteiger partial charge < -0.3 is 9.73 Å². The van der Waals surface area contributed by atoms with Gasteiger partial charge in [0.25, 0.3) is 5.91 Å². The Hall–Kier alpha value is -2.95. The number of nitrogens with one attached hydrogen (secondary N) is 1. The van der Waals surface area contributed by atoms with Gasteiger partial charge in [-0.3, -0.25) is 4.79 Å². The summed E-state index contributed by atoms with van der Waals surface area (Å²) in [6.07, 6.45) is 1.51. The highest BCUT2D eigenvalue weighted by Gasteiger charge is 2.20. The van der Waals surface area contributed by atoms with Gasteiger partial charge in [-0.1, -0.05) is 30.3 Å². The molecule has 1 atom stereocenters. The zero-order chi connectivity index (χ0) is 16.2. The highest BCUT2D eigenvalue weighted by atomic mass is 19.2. The molecule has 0 radical (unpaired) electrons. The van der Waals surface area contributed by atoms with Gasteiger partial charge in [-0.25, -0.2) is 8.78 Å². The molecule has 0 aliphatic carbocycles. The van der Waals surface area contributed by atoms with Crippen LogP contribution in [0.2, 0.25) is 0 Å². The molecule has 5 heteroatoms. The summed E-state index contributed by atoms with van der Waals surface area (Å²) in [6, 6.07) is 15.2. The molecule has 3 rings (SSSR count). The average Bonchev–Trinajstić information content (AvgIpc) is 3.10. The van der Waals surface area contributed by atoms with Gasteiger partial charge in [0.2, 0.25) is 0 Å². The summed E-state index contributed by atoms with van der Waals surface area (Å²) >= 11 is 0. The molecule has 0 spiro atoms. The number of carbonyl (C=O) groups excluding carboxylic acids is 1. The molecule has 0 bridgehead atoms. The second-order valence-corrected chi connectivity index (χ2v) is 4.96. The van der Waals surface area contributed by atoms with Gasteiger partial charge in [-0.05, 0) is 35.9 Å².